The molecule has 0 bridgehead atoms. The first-order valence-corrected chi connectivity index (χ1v) is 13.7. The molecule has 38 heavy (non-hydrogen) atoms. The van der Waals surface area contributed by atoms with Crippen LogP contribution in [0.2, 0.25) is 0 Å². The van der Waals surface area contributed by atoms with Crippen molar-refractivity contribution in [2.75, 3.05) is 20.1 Å². The van der Waals surface area contributed by atoms with Crippen molar-refractivity contribution in [3.05, 3.63) is 96.1 Å². The summed E-state index contributed by atoms with van der Waals surface area (Å²) in [5.41, 5.74) is 8.08. The fourth-order valence-electron chi connectivity index (χ4n) is 5.23. The van der Waals surface area contributed by atoms with Crippen LogP contribution in [0.1, 0.15) is 44.2 Å². The second-order valence-corrected chi connectivity index (χ2v) is 11.4. The molecule has 0 aromatic heterocycles. The van der Waals surface area contributed by atoms with Gasteiger partial charge >= 0.3 is 0 Å². The molecule has 1 fully saturated rings. The van der Waals surface area contributed by atoms with Crippen molar-refractivity contribution in [3.63, 3.8) is 0 Å². The van der Waals surface area contributed by atoms with Crippen LogP contribution in [0.4, 0.5) is 0 Å². The highest BCUT2D eigenvalue weighted by molar-refractivity contribution is 5.93. The molecule has 0 saturated carbocycles. The van der Waals surface area contributed by atoms with Gasteiger partial charge in [0.05, 0.1) is 0 Å². The van der Waals surface area contributed by atoms with E-state index in [4.69, 9.17) is 5.73 Å². The van der Waals surface area contributed by atoms with Crippen LogP contribution in [0, 0.1) is 5.92 Å². The molecule has 200 valence electrons. The molecule has 2 amide bonds. The number of likely N-dealkylation sites (tertiary alicyclic amines) is 1. The van der Waals surface area contributed by atoms with E-state index in [-0.39, 0.29) is 17.4 Å². The van der Waals surface area contributed by atoms with Crippen molar-refractivity contribution in [3.8, 4) is 0 Å². The number of piperidine rings is 1. The SMILES string of the molecule is CN(C(=O)/C=C/CC(C)(C)N)[C@H](Cc1ccc2ccccc2c1)C(=O)N1CCC(Cc2ccccc2)CC1. The Hall–Kier alpha value is -3.44. The Bertz CT molecular complexity index is 1250. The summed E-state index contributed by atoms with van der Waals surface area (Å²) in [4.78, 5) is 30.6. The zero-order valence-corrected chi connectivity index (χ0v) is 23.0. The average Bonchev–Trinajstić information content (AvgIpc) is 2.91. The molecule has 0 radical (unpaired) electrons. The fourth-order valence-corrected chi connectivity index (χ4v) is 5.23. The highest BCUT2D eigenvalue weighted by atomic mass is 16.2. The summed E-state index contributed by atoms with van der Waals surface area (Å²) in [6.07, 6.45) is 7.44. The first-order chi connectivity index (χ1) is 18.2. The minimum Gasteiger partial charge on any atom is -0.341 e. The van der Waals surface area contributed by atoms with Gasteiger partial charge in [0, 0.05) is 32.1 Å². The van der Waals surface area contributed by atoms with Gasteiger partial charge in [0.15, 0.2) is 0 Å². The monoisotopic (exact) mass is 511 g/mol. The lowest BCUT2D eigenvalue weighted by Gasteiger charge is -2.37. The van der Waals surface area contributed by atoms with E-state index in [1.807, 2.05) is 43.0 Å². The predicted octanol–water partition coefficient (Wildman–Crippen LogP) is 5.37. The molecule has 0 spiro atoms. The maximum Gasteiger partial charge on any atom is 0.246 e. The second kappa shape index (κ2) is 12.4. The van der Waals surface area contributed by atoms with Crippen LogP contribution in [0.15, 0.2) is 84.9 Å². The minimum atomic E-state index is -0.565. The average molecular weight is 512 g/mol. The highest BCUT2D eigenvalue weighted by Gasteiger charge is 2.32. The summed E-state index contributed by atoms with van der Waals surface area (Å²) in [6.45, 7) is 5.31. The number of nitrogens with two attached hydrogens (primary N) is 1. The van der Waals surface area contributed by atoms with Crippen LogP contribution in [0.3, 0.4) is 0 Å². The first kappa shape index (κ1) is 27.6. The molecule has 1 aliphatic heterocycles. The standard InChI is InChI=1S/C33H41N3O2/c1-33(2,34)19-9-14-31(37)35(3)30(24-27-15-16-28-12-7-8-13-29(28)23-27)32(38)36-20-17-26(18-21-36)22-25-10-5-4-6-11-25/h4-16,23,26,30H,17-22,24,34H2,1-3H3/b14-9+/t30-/m1/s1. The van der Waals surface area contributed by atoms with E-state index in [0.717, 1.165) is 48.7 Å². The summed E-state index contributed by atoms with van der Waals surface area (Å²) in [5.74, 6) is 0.425. The fraction of sp³-hybridized carbons (Fsp3) is 0.394. The van der Waals surface area contributed by atoms with Gasteiger partial charge in [-0.2, -0.15) is 0 Å². The molecule has 2 N–H and O–H groups in total. The number of hydrogen-bond acceptors (Lipinski definition) is 3. The van der Waals surface area contributed by atoms with Crippen LogP contribution >= 0.6 is 0 Å². The Kier molecular flexibility index (Phi) is 9.01. The molecular weight excluding hydrogens is 470 g/mol. The maximum atomic E-state index is 13.9. The third-order valence-electron chi connectivity index (χ3n) is 7.54. The molecule has 1 saturated heterocycles. The summed E-state index contributed by atoms with van der Waals surface area (Å²) >= 11 is 0. The summed E-state index contributed by atoms with van der Waals surface area (Å²) < 4.78 is 0. The predicted molar refractivity (Wildman–Crippen MR) is 156 cm³/mol. The van der Waals surface area contributed by atoms with Crippen LogP contribution < -0.4 is 5.73 Å². The zero-order valence-electron chi connectivity index (χ0n) is 23.0. The van der Waals surface area contributed by atoms with E-state index in [2.05, 4.69) is 54.6 Å². The molecule has 5 heteroatoms. The van der Waals surface area contributed by atoms with Crippen LogP contribution in [-0.2, 0) is 22.4 Å². The van der Waals surface area contributed by atoms with E-state index in [0.29, 0.717) is 18.8 Å². The Balaban J connectivity index is 1.48. The molecule has 1 aliphatic rings. The summed E-state index contributed by atoms with van der Waals surface area (Å²) in [5, 5.41) is 2.30. The third kappa shape index (κ3) is 7.55. The van der Waals surface area contributed by atoms with Gasteiger partial charge in [0.25, 0.3) is 0 Å². The van der Waals surface area contributed by atoms with Crippen LogP contribution in [-0.4, -0.2) is 53.3 Å². The Morgan fingerprint density at radius 2 is 1.63 bits per heavy atom. The van der Waals surface area contributed by atoms with Gasteiger partial charge in [0.2, 0.25) is 11.8 Å². The molecule has 1 heterocycles. The number of carbonyl (C=O) groups excluding carboxylic acids is 2. The molecule has 1 atom stereocenters. The van der Waals surface area contributed by atoms with Gasteiger partial charge in [-0.05, 0) is 73.4 Å². The van der Waals surface area contributed by atoms with E-state index >= 15 is 0 Å². The largest absolute Gasteiger partial charge is 0.341 e. The second-order valence-electron chi connectivity index (χ2n) is 11.4. The van der Waals surface area contributed by atoms with E-state index in [9.17, 15) is 9.59 Å². The molecule has 3 aromatic carbocycles. The van der Waals surface area contributed by atoms with Gasteiger partial charge in [0.1, 0.15) is 6.04 Å². The number of amides is 2. The number of benzene rings is 3. The number of nitrogens with zero attached hydrogens (tertiary/aromatic N) is 2. The van der Waals surface area contributed by atoms with E-state index in [1.54, 1.807) is 18.0 Å². The quantitative estimate of drug-likeness (QED) is 0.393. The van der Waals surface area contributed by atoms with Gasteiger partial charge in [-0.1, -0.05) is 78.9 Å². The smallest absolute Gasteiger partial charge is 0.246 e. The number of carbonyl (C=O) groups is 2. The number of likely N-dealkylation sites (N-methyl/N-ethyl adjacent to an activating group) is 1. The Labute approximate surface area is 227 Å². The molecule has 0 unspecified atom stereocenters. The number of fused-ring (bicyclic) bond motifs is 1. The molecule has 5 nitrogen and oxygen atoms in total. The lowest BCUT2D eigenvalue weighted by molar-refractivity contribution is -0.143. The van der Waals surface area contributed by atoms with Crippen molar-refractivity contribution in [2.45, 2.75) is 57.5 Å². The van der Waals surface area contributed by atoms with Crippen molar-refractivity contribution in [1.29, 1.82) is 0 Å². The molecule has 4 rings (SSSR count). The van der Waals surface area contributed by atoms with Crippen molar-refractivity contribution in [1.82, 2.24) is 9.80 Å². The van der Waals surface area contributed by atoms with Gasteiger partial charge in [-0.3, -0.25) is 9.59 Å². The van der Waals surface area contributed by atoms with E-state index in [1.165, 1.54) is 5.56 Å². The van der Waals surface area contributed by atoms with Gasteiger partial charge in [-0.15, -0.1) is 0 Å². The maximum absolute atomic E-state index is 13.9. The van der Waals surface area contributed by atoms with E-state index < -0.39 is 6.04 Å². The van der Waals surface area contributed by atoms with Crippen LogP contribution in [0.5, 0.6) is 0 Å². The summed E-state index contributed by atoms with van der Waals surface area (Å²) in [6, 6.07) is 24.5. The number of rotatable bonds is 9. The normalized spacial score (nSPS) is 15.6. The van der Waals surface area contributed by atoms with Crippen molar-refractivity contribution >= 4 is 22.6 Å². The Morgan fingerprint density at radius 1 is 0.974 bits per heavy atom. The van der Waals surface area contributed by atoms with Gasteiger partial charge in [-0.25, -0.2) is 0 Å². The first-order valence-electron chi connectivity index (χ1n) is 13.7. The van der Waals surface area contributed by atoms with Crippen LogP contribution in [0.25, 0.3) is 10.8 Å². The molecule has 3 aromatic rings. The minimum absolute atomic E-state index is 0.0275. The van der Waals surface area contributed by atoms with Gasteiger partial charge < -0.3 is 15.5 Å². The lowest BCUT2D eigenvalue weighted by atomic mass is 9.89. The topological polar surface area (TPSA) is 66.6 Å². The number of hydrogen-bond donors (Lipinski definition) is 1. The molecule has 0 aliphatic carbocycles. The lowest BCUT2D eigenvalue weighted by Crippen LogP contribution is -2.52. The Morgan fingerprint density at radius 3 is 2.32 bits per heavy atom. The highest BCUT2D eigenvalue weighted by Crippen LogP contribution is 2.24. The molecular formula is C33H41N3O2. The van der Waals surface area contributed by atoms with Crippen molar-refractivity contribution < 1.29 is 9.59 Å². The third-order valence-corrected chi connectivity index (χ3v) is 7.54. The summed E-state index contributed by atoms with van der Waals surface area (Å²) in [7, 11) is 1.74. The zero-order chi connectivity index (χ0) is 27.1. The van der Waals surface area contributed by atoms with Crippen molar-refractivity contribution in [2.24, 2.45) is 11.7 Å².